The summed E-state index contributed by atoms with van der Waals surface area (Å²) in [6, 6.07) is 6.58. The normalized spacial score (nSPS) is 26.1. The van der Waals surface area contributed by atoms with Crippen molar-refractivity contribution in [1.82, 2.24) is 0 Å². The van der Waals surface area contributed by atoms with Gasteiger partial charge in [0, 0.05) is 24.3 Å². The molecule has 1 amide bonds. The van der Waals surface area contributed by atoms with E-state index in [2.05, 4.69) is 37.5 Å². The molecule has 0 aliphatic heterocycles. The Kier molecular flexibility index (Phi) is 4.69. The fourth-order valence-electron chi connectivity index (χ4n) is 3.20. The van der Waals surface area contributed by atoms with Gasteiger partial charge < -0.3 is 10.6 Å². The number of anilines is 2. The first-order valence-corrected chi connectivity index (χ1v) is 7.62. The van der Waals surface area contributed by atoms with E-state index in [1.54, 1.807) is 0 Å². The Balaban J connectivity index is 2.16. The number of carbonyl (C=O) groups is 1. The van der Waals surface area contributed by atoms with Crippen LogP contribution in [0.2, 0.25) is 0 Å². The third kappa shape index (κ3) is 3.53. The van der Waals surface area contributed by atoms with Crippen LogP contribution in [0, 0.1) is 18.8 Å². The number of amides is 1. The molecule has 3 nitrogen and oxygen atoms in total. The predicted molar refractivity (Wildman–Crippen MR) is 85.1 cm³/mol. The second-order valence-electron chi connectivity index (χ2n) is 6.27. The van der Waals surface area contributed by atoms with Crippen molar-refractivity contribution in [3.8, 4) is 0 Å². The van der Waals surface area contributed by atoms with Crippen molar-refractivity contribution in [2.24, 2.45) is 11.8 Å². The van der Waals surface area contributed by atoms with Gasteiger partial charge in [-0.2, -0.15) is 0 Å². The van der Waals surface area contributed by atoms with Gasteiger partial charge in [0.1, 0.15) is 0 Å². The Bertz CT molecular complexity index is 474. The van der Waals surface area contributed by atoms with Crippen LogP contribution in [0.5, 0.6) is 0 Å². The zero-order valence-electron chi connectivity index (χ0n) is 13.0. The van der Waals surface area contributed by atoms with Crippen LogP contribution in [0.4, 0.5) is 11.4 Å². The van der Waals surface area contributed by atoms with E-state index in [-0.39, 0.29) is 5.91 Å². The van der Waals surface area contributed by atoms with Gasteiger partial charge in [-0.25, -0.2) is 0 Å². The molecule has 1 saturated carbocycles. The van der Waals surface area contributed by atoms with E-state index >= 15 is 0 Å². The zero-order valence-corrected chi connectivity index (χ0v) is 13.0. The third-order valence-corrected chi connectivity index (χ3v) is 4.43. The van der Waals surface area contributed by atoms with E-state index in [9.17, 15) is 4.79 Å². The van der Waals surface area contributed by atoms with E-state index < -0.39 is 0 Å². The van der Waals surface area contributed by atoms with Crippen molar-refractivity contribution in [2.45, 2.75) is 53.0 Å². The summed E-state index contributed by atoms with van der Waals surface area (Å²) >= 11 is 0. The minimum absolute atomic E-state index is 0.0285. The Morgan fingerprint density at radius 2 is 1.85 bits per heavy atom. The molecule has 1 fully saturated rings. The molecule has 1 aliphatic rings. The fourth-order valence-corrected chi connectivity index (χ4v) is 3.20. The topological polar surface area (TPSA) is 41.1 Å². The van der Waals surface area contributed by atoms with Crippen LogP contribution in [-0.2, 0) is 4.79 Å². The van der Waals surface area contributed by atoms with Crippen molar-refractivity contribution in [3.63, 3.8) is 0 Å². The maximum absolute atomic E-state index is 11.2. The van der Waals surface area contributed by atoms with E-state index in [1.165, 1.54) is 31.7 Å². The van der Waals surface area contributed by atoms with Gasteiger partial charge in [-0.1, -0.05) is 26.3 Å². The fraction of sp³-hybridized carbons (Fsp3) is 0.588. The molecule has 0 saturated heterocycles. The highest BCUT2D eigenvalue weighted by Crippen LogP contribution is 2.32. The molecule has 3 heteroatoms. The third-order valence-electron chi connectivity index (χ3n) is 4.43. The molecule has 0 bridgehead atoms. The lowest BCUT2D eigenvalue weighted by Gasteiger charge is -2.36. The molecule has 2 N–H and O–H groups in total. The van der Waals surface area contributed by atoms with Gasteiger partial charge in [0.25, 0.3) is 0 Å². The van der Waals surface area contributed by atoms with Crippen molar-refractivity contribution >= 4 is 17.3 Å². The molecule has 20 heavy (non-hydrogen) atoms. The van der Waals surface area contributed by atoms with E-state index in [1.807, 2.05) is 12.1 Å². The molecule has 0 radical (unpaired) electrons. The molecule has 1 aliphatic carbocycles. The van der Waals surface area contributed by atoms with Gasteiger partial charge in [0.15, 0.2) is 0 Å². The van der Waals surface area contributed by atoms with Gasteiger partial charge in [-0.05, 0) is 49.3 Å². The van der Waals surface area contributed by atoms with Crippen LogP contribution < -0.4 is 10.6 Å². The summed E-state index contributed by atoms with van der Waals surface area (Å²) < 4.78 is 0. The number of benzene rings is 1. The molecule has 0 spiro atoms. The lowest BCUT2D eigenvalue weighted by molar-refractivity contribution is -0.114. The highest BCUT2D eigenvalue weighted by molar-refractivity contribution is 5.89. The standard InChI is InChI=1S/C17H26N2O/c1-11-8-9-15(18-14(4)20)10-16(11)19-17-12(2)6-5-7-13(17)3/h8-10,12-13,17,19H,5-7H2,1-4H3,(H,18,20). The summed E-state index contributed by atoms with van der Waals surface area (Å²) in [4.78, 5) is 11.2. The summed E-state index contributed by atoms with van der Waals surface area (Å²) in [5, 5.41) is 6.56. The zero-order chi connectivity index (χ0) is 14.7. The summed E-state index contributed by atoms with van der Waals surface area (Å²) in [5.74, 6) is 1.37. The average Bonchev–Trinajstić information content (AvgIpc) is 2.37. The first kappa shape index (κ1) is 14.9. The number of carbonyl (C=O) groups excluding carboxylic acids is 1. The summed E-state index contributed by atoms with van der Waals surface area (Å²) in [5.41, 5.74) is 3.23. The van der Waals surface area contributed by atoms with Crippen molar-refractivity contribution < 1.29 is 4.79 Å². The summed E-state index contributed by atoms with van der Waals surface area (Å²) in [6.07, 6.45) is 3.93. The predicted octanol–water partition coefficient (Wildman–Crippen LogP) is 4.19. The molecule has 2 unspecified atom stereocenters. The number of hydrogen-bond acceptors (Lipinski definition) is 2. The maximum atomic E-state index is 11.2. The Morgan fingerprint density at radius 1 is 1.20 bits per heavy atom. The van der Waals surface area contributed by atoms with Gasteiger partial charge in [-0.15, -0.1) is 0 Å². The number of hydrogen-bond donors (Lipinski definition) is 2. The minimum Gasteiger partial charge on any atom is -0.382 e. The van der Waals surface area contributed by atoms with Crippen LogP contribution in [0.3, 0.4) is 0 Å². The highest BCUT2D eigenvalue weighted by atomic mass is 16.1. The molecule has 1 aromatic carbocycles. The maximum Gasteiger partial charge on any atom is 0.221 e. The van der Waals surface area contributed by atoms with Gasteiger partial charge >= 0.3 is 0 Å². The average molecular weight is 274 g/mol. The molecule has 0 aromatic heterocycles. The monoisotopic (exact) mass is 274 g/mol. The van der Waals surface area contributed by atoms with Crippen molar-refractivity contribution in [1.29, 1.82) is 0 Å². The summed E-state index contributed by atoms with van der Waals surface area (Å²) in [6.45, 7) is 8.32. The van der Waals surface area contributed by atoms with Gasteiger partial charge in [0.05, 0.1) is 0 Å². The van der Waals surface area contributed by atoms with Gasteiger partial charge in [-0.3, -0.25) is 4.79 Å². The molecule has 0 heterocycles. The van der Waals surface area contributed by atoms with Crippen LogP contribution in [-0.4, -0.2) is 11.9 Å². The molecule has 2 atom stereocenters. The lowest BCUT2D eigenvalue weighted by Crippen LogP contribution is -2.37. The Labute approximate surface area is 122 Å². The minimum atomic E-state index is -0.0285. The number of nitrogens with one attached hydrogen (secondary N) is 2. The molecular formula is C17H26N2O. The number of aryl methyl sites for hydroxylation is 1. The SMILES string of the molecule is CC(=O)Nc1ccc(C)c(NC2C(C)CCCC2C)c1. The first-order valence-electron chi connectivity index (χ1n) is 7.62. The summed E-state index contributed by atoms with van der Waals surface area (Å²) in [7, 11) is 0. The van der Waals surface area contributed by atoms with Crippen LogP contribution in [0.25, 0.3) is 0 Å². The molecule has 2 rings (SSSR count). The molecule has 110 valence electrons. The highest BCUT2D eigenvalue weighted by Gasteiger charge is 2.27. The largest absolute Gasteiger partial charge is 0.382 e. The van der Waals surface area contributed by atoms with Crippen molar-refractivity contribution in [3.05, 3.63) is 23.8 Å². The second-order valence-corrected chi connectivity index (χ2v) is 6.27. The smallest absolute Gasteiger partial charge is 0.221 e. The van der Waals surface area contributed by atoms with Crippen LogP contribution in [0.1, 0.15) is 45.6 Å². The second kappa shape index (κ2) is 6.29. The van der Waals surface area contributed by atoms with E-state index in [0.717, 1.165) is 11.4 Å². The Morgan fingerprint density at radius 3 is 2.45 bits per heavy atom. The Hall–Kier alpha value is -1.51. The molecular weight excluding hydrogens is 248 g/mol. The van der Waals surface area contributed by atoms with Crippen molar-refractivity contribution in [2.75, 3.05) is 10.6 Å². The quantitative estimate of drug-likeness (QED) is 0.867. The molecule has 1 aromatic rings. The number of rotatable bonds is 3. The first-order chi connectivity index (χ1) is 9.47. The van der Waals surface area contributed by atoms with E-state index in [4.69, 9.17) is 0 Å². The van der Waals surface area contributed by atoms with E-state index in [0.29, 0.717) is 17.9 Å². The van der Waals surface area contributed by atoms with Crippen LogP contribution in [0.15, 0.2) is 18.2 Å². The lowest BCUT2D eigenvalue weighted by atomic mass is 9.78. The van der Waals surface area contributed by atoms with Crippen LogP contribution >= 0.6 is 0 Å². The van der Waals surface area contributed by atoms with Gasteiger partial charge in [0.2, 0.25) is 5.91 Å².